The summed E-state index contributed by atoms with van der Waals surface area (Å²) in [5, 5.41) is 9.65. The van der Waals surface area contributed by atoms with Crippen molar-refractivity contribution in [2.75, 3.05) is 59.4 Å². The Morgan fingerprint density at radius 1 is 1.07 bits per heavy atom. The molecular weight excluding hydrogens is 511 g/mol. The molecule has 0 spiro atoms. The van der Waals surface area contributed by atoms with Gasteiger partial charge in [-0.3, -0.25) is 14.5 Å². The minimum absolute atomic E-state index is 0.0419. The SMILES string of the molecule is CN1CCN(CC(=O)N2CCN(S(=O)(=O)c3ccc(I)cc3)C(C(=O)O)C2)CC1. The van der Waals surface area contributed by atoms with Crippen LogP contribution in [0.15, 0.2) is 29.2 Å². The third-order valence-corrected chi connectivity index (χ3v) is 7.99. The molecule has 3 rings (SSSR count). The van der Waals surface area contributed by atoms with E-state index in [0.29, 0.717) is 0 Å². The number of carbonyl (C=O) groups is 2. The molecule has 1 N–H and O–H groups in total. The fraction of sp³-hybridized carbons (Fsp3) is 0.556. The van der Waals surface area contributed by atoms with E-state index >= 15 is 0 Å². The number of hydrogen-bond acceptors (Lipinski definition) is 6. The quantitative estimate of drug-likeness (QED) is 0.522. The Morgan fingerprint density at radius 2 is 1.69 bits per heavy atom. The largest absolute Gasteiger partial charge is 0.480 e. The number of rotatable bonds is 5. The summed E-state index contributed by atoms with van der Waals surface area (Å²) >= 11 is 2.07. The molecule has 2 saturated heterocycles. The first-order valence-corrected chi connectivity index (χ1v) is 11.9. The Labute approximate surface area is 184 Å². The average molecular weight is 536 g/mol. The van der Waals surface area contributed by atoms with Crippen molar-refractivity contribution in [3.05, 3.63) is 27.8 Å². The zero-order chi connectivity index (χ0) is 21.2. The van der Waals surface area contributed by atoms with Crippen molar-refractivity contribution in [2.45, 2.75) is 10.9 Å². The third-order valence-electron chi connectivity index (χ3n) is 5.34. The Hall–Kier alpha value is -1.28. The Balaban J connectivity index is 1.70. The number of likely N-dealkylation sites (N-methyl/N-ethyl adjacent to an activating group) is 1. The number of aliphatic carboxylic acids is 1. The molecule has 1 amide bonds. The molecule has 29 heavy (non-hydrogen) atoms. The van der Waals surface area contributed by atoms with E-state index in [0.717, 1.165) is 34.1 Å². The molecule has 2 aliphatic heterocycles. The van der Waals surface area contributed by atoms with Gasteiger partial charge in [0.05, 0.1) is 11.4 Å². The summed E-state index contributed by atoms with van der Waals surface area (Å²) in [5.74, 6) is -1.41. The van der Waals surface area contributed by atoms with Crippen molar-refractivity contribution in [1.82, 2.24) is 19.0 Å². The number of sulfonamides is 1. The van der Waals surface area contributed by atoms with E-state index in [1.165, 1.54) is 17.0 Å². The summed E-state index contributed by atoms with van der Waals surface area (Å²) in [5.41, 5.74) is 0. The van der Waals surface area contributed by atoms with Crippen molar-refractivity contribution >= 4 is 44.5 Å². The minimum atomic E-state index is -3.96. The van der Waals surface area contributed by atoms with Crippen LogP contribution in [-0.4, -0.2) is 110 Å². The number of amides is 1. The summed E-state index contributed by atoms with van der Waals surface area (Å²) in [6, 6.07) is 4.98. The molecule has 0 radical (unpaired) electrons. The number of carboxylic acids is 1. The number of benzene rings is 1. The van der Waals surface area contributed by atoms with Gasteiger partial charge in [0.2, 0.25) is 15.9 Å². The van der Waals surface area contributed by atoms with E-state index in [2.05, 4.69) is 27.5 Å². The highest BCUT2D eigenvalue weighted by Gasteiger charge is 2.41. The summed E-state index contributed by atoms with van der Waals surface area (Å²) in [4.78, 5) is 30.3. The van der Waals surface area contributed by atoms with Gasteiger partial charge in [0.15, 0.2) is 0 Å². The predicted molar refractivity (Wildman–Crippen MR) is 115 cm³/mol. The van der Waals surface area contributed by atoms with Crippen molar-refractivity contribution in [3.63, 3.8) is 0 Å². The van der Waals surface area contributed by atoms with Crippen LogP contribution in [0.5, 0.6) is 0 Å². The van der Waals surface area contributed by atoms with Crippen molar-refractivity contribution in [2.24, 2.45) is 0 Å². The molecule has 0 aliphatic carbocycles. The second kappa shape index (κ2) is 9.25. The molecule has 9 nitrogen and oxygen atoms in total. The molecule has 160 valence electrons. The summed E-state index contributed by atoms with van der Waals surface area (Å²) < 4.78 is 27.8. The van der Waals surface area contributed by atoms with Gasteiger partial charge in [0, 0.05) is 49.4 Å². The lowest BCUT2D eigenvalue weighted by atomic mass is 10.2. The van der Waals surface area contributed by atoms with Crippen LogP contribution in [0.4, 0.5) is 0 Å². The van der Waals surface area contributed by atoms with Crippen LogP contribution in [0.1, 0.15) is 0 Å². The molecule has 2 fully saturated rings. The van der Waals surface area contributed by atoms with Gasteiger partial charge < -0.3 is 14.9 Å². The van der Waals surface area contributed by atoms with Gasteiger partial charge in [-0.1, -0.05) is 0 Å². The average Bonchev–Trinajstić information content (AvgIpc) is 2.69. The van der Waals surface area contributed by atoms with Gasteiger partial charge in [0.25, 0.3) is 0 Å². The molecule has 1 aromatic carbocycles. The van der Waals surface area contributed by atoms with Gasteiger partial charge in [-0.05, 0) is 53.9 Å². The van der Waals surface area contributed by atoms with E-state index in [1.807, 2.05) is 11.9 Å². The lowest BCUT2D eigenvalue weighted by molar-refractivity contribution is -0.146. The normalized spacial score (nSPS) is 22.6. The van der Waals surface area contributed by atoms with E-state index in [-0.39, 0.29) is 37.0 Å². The Morgan fingerprint density at radius 3 is 2.28 bits per heavy atom. The van der Waals surface area contributed by atoms with Crippen LogP contribution in [0, 0.1) is 3.57 Å². The fourth-order valence-corrected chi connectivity index (χ4v) is 5.45. The first kappa shape index (κ1) is 22.4. The van der Waals surface area contributed by atoms with Gasteiger partial charge in [-0.25, -0.2) is 8.42 Å². The van der Waals surface area contributed by atoms with Crippen LogP contribution in [0.2, 0.25) is 0 Å². The lowest BCUT2D eigenvalue weighted by Crippen LogP contribution is -2.60. The summed E-state index contributed by atoms with van der Waals surface area (Å²) in [6.45, 7) is 3.55. The Bertz CT molecular complexity index is 856. The van der Waals surface area contributed by atoms with Crippen LogP contribution in [-0.2, 0) is 19.6 Å². The predicted octanol–water partition coefficient (Wildman–Crippen LogP) is -0.175. The first-order chi connectivity index (χ1) is 13.7. The second-order valence-corrected chi connectivity index (χ2v) is 10.5. The monoisotopic (exact) mass is 536 g/mol. The smallest absolute Gasteiger partial charge is 0.323 e. The molecule has 0 bridgehead atoms. The van der Waals surface area contributed by atoms with Crippen molar-refractivity contribution in [1.29, 1.82) is 0 Å². The lowest BCUT2D eigenvalue weighted by Gasteiger charge is -2.39. The van der Waals surface area contributed by atoms with E-state index in [9.17, 15) is 23.1 Å². The summed E-state index contributed by atoms with van der Waals surface area (Å²) in [7, 11) is -1.93. The van der Waals surface area contributed by atoms with E-state index < -0.39 is 22.0 Å². The molecule has 2 heterocycles. The fourth-order valence-electron chi connectivity index (χ4n) is 3.52. The molecule has 0 aromatic heterocycles. The highest BCUT2D eigenvalue weighted by molar-refractivity contribution is 14.1. The maximum atomic E-state index is 13.0. The van der Waals surface area contributed by atoms with Gasteiger partial charge >= 0.3 is 5.97 Å². The van der Waals surface area contributed by atoms with Crippen molar-refractivity contribution in [3.8, 4) is 0 Å². The van der Waals surface area contributed by atoms with Gasteiger partial charge in [0.1, 0.15) is 6.04 Å². The number of carbonyl (C=O) groups excluding carboxylic acids is 1. The number of carboxylic acid groups (broad SMARTS) is 1. The second-order valence-electron chi connectivity index (χ2n) is 7.34. The van der Waals surface area contributed by atoms with E-state index in [1.54, 1.807) is 12.1 Å². The molecule has 1 atom stereocenters. The number of halogens is 1. The first-order valence-electron chi connectivity index (χ1n) is 9.37. The zero-order valence-corrected chi connectivity index (χ0v) is 19.2. The number of nitrogens with zero attached hydrogens (tertiary/aromatic N) is 4. The van der Waals surface area contributed by atoms with Crippen LogP contribution >= 0.6 is 22.6 Å². The third kappa shape index (κ3) is 5.26. The molecule has 2 aliphatic rings. The number of piperazine rings is 2. The Kier molecular flexibility index (Phi) is 7.14. The van der Waals surface area contributed by atoms with Gasteiger partial charge in [-0.2, -0.15) is 4.31 Å². The van der Waals surface area contributed by atoms with Crippen LogP contribution in [0.3, 0.4) is 0 Å². The topological polar surface area (TPSA) is 101 Å². The summed E-state index contributed by atoms with van der Waals surface area (Å²) in [6.07, 6.45) is 0. The highest BCUT2D eigenvalue weighted by Crippen LogP contribution is 2.23. The van der Waals surface area contributed by atoms with Crippen LogP contribution < -0.4 is 0 Å². The molecular formula is C18H25IN4O5S. The van der Waals surface area contributed by atoms with E-state index in [4.69, 9.17) is 0 Å². The number of hydrogen-bond donors (Lipinski definition) is 1. The molecule has 0 saturated carbocycles. The standard InChI is InChI=1S/C18H25IN4O5S/c1-20-6-8-21(9-7-20)13-17(24)22-10-11-23(16(12-22)18(25)26)29(27,28)15-4-2-14(19)3-5-15/h2-5,16H,6-13H2,1H3,(H,25,26). The highest BCUT2D eigenvalue weighted by atomic mass is 127. The zero-order valence-electron chi connectivity index (χ0n) is 16.2. The van der Waals surface area contributed by atoms with Crippen LogP contribution in [0.25, 0.3) is 0 Å². The van der Waals surface area contributed by atoms with Gasteiger partial charge in [-0.15, -0.1) is 0 Å². The molecule has 1 unspecified atom stereocenters. The molecule has 11 heteroatoms. The molecule has 1 aromatic rings. The minimum Gasteiger partial charge on any atom is -0.480 e. The van der Waals surface area contributed by atoms with Crippen molar-refractivity contribution < 1.29 is 23.1 Å². The maximum absolute atomic E-state index is 13.0. The maximum Gasteiger partial charge on any atom is 0.323 e.